The number of fused-ring (bicyclic) bond motifs is 1. The molecule has 8 heteroatoms. The third-order valence-electron chi connectivity index (χ3n) is 5.29. The van der Waals surface area contributed by atoms with Crippen LogP contribution in [0.15, 0.2) is 85.1 Å². The van der Waals surface area contributed by atoms with Crippen LogP contribution >= 0.6 is 0 Å². The fraction of sp³-hybridized carbons (Fsp3) is 0.241. The van der Waals surface area contributed by atoms with Crippen LogP contribution < -0.4 is 15.4 Å². The van der Waals surface area contributed by atoms with Crippen molar-refractivity contribution in [3.63, 3.8) is 0 Å². The van der Waals surface area contributed by atoms with Crippen LogP contribution in [0, 0.1) is 0 Å². The minimum atomic E-state index is -0.879. The van der Waals surface area contributed by atoms with Gasteiger partial charge in [0.1, 0.15) is 18.5 Å². The molecule has 0 radical (unpaired) electrons. The molecule has 0 aliphatic heterocycles. The predicted octanol–water partition coefficient (Wildman–Crippen LogP) is 4.93. The Morgan fingerprint density at radius 3 is 2.32 bits per heavy atom. The van der Waals surface area contributed by atoms with Crippen LogP contribution in [0.3, 0.4) is 0 Å². The Morgan fingerprint density at radius 1 is 0.946 bits per heavy atom. The average Bonchev–Trinajstić information content (AvgIpc) is 3.37. The molecule has 1 amide bonds. The number of carbonyl (C=O) groups is 2. The molecule has 0 aliphatic carbocycles. The van der Waals surface area contributed by atoms with Crippen LogP contribution in [0.1, 0.15) is 41.5 Å². The normalized spacial score (nSPS) is 11.8. The van der Waals surface area contributed by atoms with E-state index in [1.54, 1.807) is 54.6 Å². The third-order valence-corrected chi connectivity index (χ3v) is 5.29. The number of aliphatic hydroxyl groups excluding tert-OH is 1. The van der Waals surface area contributed by atoms with Crippen LogP contribution in [-0.2, 0) is 0 Å². The highest BCUT2D eigenvalue weighted by Gasteiger charge is 2.16. The van der Waals surface area contributed by atoms with E-state index in [1.165, 1.54) is 0 Å². The van der Waals surface area contributed by atoms with Crippen molar-refractivity contribution in [2.24, 2.45) is 0 Å². The van der Waals surface area contributed by atoms with E-state index in [4.69, 9.17) is 9.84 Å². The van der Waals surface area contributed by atoms with Gasteiger partial charge in [0.15, 0.2) is 0 Å². The number of aromatic amines is 1. The number of aromatic carboxylic acids is 1. The molecule has 37 heavy (non-hydrogen) atoms. The van der Waals surface area contributed by atoms with Gasteiger partial charge < -0.3 is 30.6 Å². The summed E-state index contributed by atoms with van der Waals surface area (Å²) in [7, 11) is 0. The molecule has 4 aromatic rings. The van der Waals surface area contributed by atoms with Gasteiger partial charge in [-0.05, 0) is 63.2 Å². The molecule has 5 N–H and O–H groups in total. The largest absolute Gasteiger partial charge is 0.490 e. The lowest BCUT2D eigenvalue weighted by Gasteiger charge is -2.23. The molecule has 0 spiro atoms. The van der Waals surface area contributed by atoms with E-state index >= 15 is 0 Å². The van der Waals surface area contributed by atoms with E-state index in [0.29, 0.717) is 23.4 Å². The Balaban J connectivity index is 0.000000356. The van der Waals surface area contributed by atoms with Crippen LogP contribution in [0.5, 0.6) is 5.75 Å². The third kappa shape index (κ3) is 8.49. The SMILES string of the molecule is CC(C)(C)NCC(O)COc1ccccc1C(=O)Nc1cccc2[nH]ccc12.O=C(O)c1ccccc1. The number of H-pyrrole nitrogens is 1. The molecule has 1 unspecified atom stereocenters. The Kier molecular flexibility index (Phi) is 9.43. The van der Waals surface area contributed by atoms with Crippen molar-refractivity contribution < 1.29 is 24.5 Å². The molecule has 0 aliphatic rings. The summed E-state index contributed by atoms with van der Waals surface area (Å²) in [5.74, 6) is -0.696. The highest BCUT2D eigenvalue weighted by molar-refractivity contribution is 6.10. The number of benzene rings is 3. The maximum atomic E-state index is 12.8. The molecule has 8 nitrogen and oxygen atoms in total. The molecule has 4 rings (SSSR count). The zero-order chi connectivity index (χ0) is 26.8. The van der Waals surface area contributed by atoms with E-state index < -0.39 is 12.1 Å². The zero-order valence-electron chi connectivity index (χ0n) is 21.2. The first-order valence-corrected chi connectivity index (χ1v) is 11.9. The summed E-state index contributed by atoms with van der Waals surface area (Å²) >= 11 is 0. The maximum absolute atomic E-state index is 12.8. The molecule has 0 bridgehead atoms. The number of hydrogen-bond donors (Lipinski definition) is 5. The van der Waals surface area contributed by atoms with Crippen molar-refractivity contribution in [1.29, 1.82) is 0 Å². The fourth-order valence-corrected chi connectivity index (χ4v) is 3.41. The van der Waals surface area contributed by atoms with Crippen molar-refractivity contribution in [3.8, 4) is 5.75 Å². The van der Waals surface area contributed by atoms with Gasteiger partial charge in [-0.2, -0.15) is 0 Å². The number of aliphatic hydroxyl groups is 1. The van der Waals surface area contributed by atoms with Crippen LogP contribution in [0.4, 0.5) is 5.69 Å². The Morgan fingerprint density at radius 2 is 1.65 bits per heavy atom. The Labute approximate surface area is 216 Å². The number of ether oxygens (including phenoxy) is 1. The molecule has 0 fully saturated rings. The summed E-state index contributed by atoms with van der Waals surface area (Å²) in [6, 6.07) is 23.0. The minimum Gasteiger partial charge on any atom is -0.490 e. The molecule has 194 valence electrons. The van der Waals surface area contributed by atoms with Crippen molar-refractivity contribution in [3.05, 3.63) is 96.2 Å². The van der Waals surface area contributed by atoms with Gasteiger partial charge in [0.25, 0.3) is 5.91 Å². The lowest BCUT2D eigenvalue weighted by Crippen LogP contribution is -2.42. The highest BCUT2D eigenvalue weighted by Crippen LogP contribution is 2.25. The minimum absolute atomic E-state index is 0.0853. The topological polar surface area (TPSA) is 124 Å². The summed E-state index contributed by atoms with van der Waals surface area (Å²) in [6.45, 7) is 6.61. The number of hydrogen-bond acceptors (Lipinski definition) is 5. The molecule has 1 heterocycles. The number of β-amino-alcohol motifs (C(OH)–C–C–N with tert-alkyl or cyclic N) is 1. The van der Waals surface area contributed by atoms with Gasteiger partial charge in [-0.15, -0.1) is 0 Å². The van der Waals surface area contributed by atoms with Crippen LogP contribution in [0.25, 0.3) is 10.9 Å². The van der Waals surface area contributed by atoms with Gasteiger partial charge in [0.2, 0.25) is 0 Å². The van der Waals surface area contributed by atoms with E-state index in [-0.39, 0.29) is 18.1 Å². The first-order valence-electron chi connectivity index (χ1n) is 11.9. The number of amides is 1. The fourth-order valence-electron chi connectivity index (χ4n) is 3.41. The summed E-state index contributed by atoms with van der Waals surface area (Å²) in [5.41, 5.74) is 2.35. The quantitative estimate of drug-likeness (QED) is 0.232. The monoisotopic (exact) mass is 503 g/mol. The van der Waals surface area contributed by atoms with Gasteiger partial charge in [0, 0.05) is 29.2 Å². The van der Waals surface area contributed by atoms with Gasteiger partial charge in [0.05, 0.1) is 16.8 Å². The first-order chi connectivity index (χ1) is 17.6. The summed E-state index contributed by atoms with van der Waals surface area (Å²) in [6.07, 6.45) is 1.16. The number of carboxylic acids is 1. The zero-order valence-corrected chi connectivity index (χ0v) is 21.2. The van der Waals surface area contributed by atoms with Crippen molar-refractivity contribution >= 4 is 28.5 Å². The van der Waals surface area contributed by atoms with E-state index in [1.807, 2.05) is 51.2 Å². The molecule has 1 atom stereocenters. The standard InChI is InChI=1S/C22H27N3O3.C7H6O2/c1-22(2,3)24-13-15(26)14-28-20-10-5-4-7-17(20)21(27)25-19-9-6-8-18-16(19)11-12-23-18;8-7(9)6-4-2-1-3-5-6/h4-12,15,23-24,26H,13-14H2,1-3H3,(H,25,27);1-5H,(H,8,9). The molecular weight excluding hydrogens is 470 g/mol. The second-order valence-electron chi connectivity index (χ2n) is 9.46. The summed E-state index contributed by atoms with van der Waals surface area (Å²) < 4.78 is 5.74. The van der Waals surface area contributed by atoms with Gasteiger partial charge in [-0.1, -0.05) is 36.4 Å². The van der Waals surface area contributed by atoms with Gasteiger partial charge in [-0.25, -0.2) is 4.79 Å². The number of carboxylic acid groups (broad SMARTS) is 1. The molecular formula is C29H33N3O5. The molecule has 0 saturated carbocycles. The second-order valence-corrected chi connectivity index (χ2v) is 9.46. The molecule has 3 aromatic carbocycles. The number of para-hydroxylation sites is 1. The lowest BCUT2D eigenvalue weighted by molar-refractivity contribution is 0.0696. The highest BCUT2D eigenvalue weighted by atomic mass is 16.5. The second kappa shape index (κ2) is 12.7. The van der Waals surface area contributed by atoms with E-state index in [0.717, 1.165) is 16.6 Å². The van der Waals surface area contributed by atoms with Crippen molar-refractivity contribution in [2.45, 2.75) is 32.4 Å². The number of nitrogens with one attached hydrogen (secondary N) is 3. The summed E-state index contributed by atoms with van der Waals surface area (Å²) in [5, 5.41) is 25.6. The molecule has 1 aromatic heterocycles. The van der Waals surface area contributed by atoms with Crippen LogP contribution in [-0.4, -0.2) is 51.9 Å². The Bertz CT molecular complexity index is 1310. The van der Waals surface area contributed by atoms with E-state index in [2.05, 4.69) is 15.6 Å². The number of aromatic nitrogens is 1. The van der Waals surface area contributed by atoms with Crippen molar-refractivity contribution in [1.82, 2.24) is 10.3 Å². The van der Waals surface area contributed by atoms with Crippen molar-refractivity contribution in [2.75, 3.05) is 18.5 Å². The van der Waals surface area contributed by atoms with Crippen LogP contribution in [0.2, 0.25) is 0 Å². The smallest absolute Gasteiger partial charge is 0.335 e. The predicted molar refractivity (Wildman–Crippen MR) is 145 cm³/mol. The first kappa shape index (κ1) is 27.4. The lowest BCUT2D eigenvalue weighted by atomic mass is 10.1. The summed E-state index contributed by atoms with van der Waals surface area (Å²) in [4.78, 5) is 26.2. The average molecular weight is 504 g/mol. The number of anilines is 1. The number of rotatable bonds is 8. The Hall–Kier alpha value is -4.14. The molecule has 0 saturated heterocycles. The van der Waals surface area contributed by atoms with Gasteiger partial charge >= 0.3 is 5.97 Å². The van der Waals surface area contributed by atoms with Gasteiger partial charge in [-0.3, -0.25) is 4.79 Å². The number of carbonyl (C=O) groups excluding carboxylic acids is 1. The van der Waals surface area contributed by atoms with E-state index in [9.17, 15) is 14.7 Å². The maximum Gasteiger partial charge on any atom is 0.335 e.